The molecule has 31 heavy (non-hydrogen) atoms. The molecule has 0 amide bonds. The summed E-state index contributed by atoms with van der Waals surface area (Å²) in [6, 6.07) is 8.54. The molecule has 0 unspecified atom stereocenters. The number of aromatic nitrogens is 2. The Hall–Kier alpha value is -3.17. The molecular formula is C22H27FN6O2. The van der Waals surface area contributed by atoms with Crippen LogP contribution in [-0.4, -0.2) is 73.9 Å². The molecule has 0 saturated carbocycles. The van der Waals surface area contributed by atoms with Crippen molar-refractivity contribution >= 4 is 28.1 Å². The summed E-state index contributed by atoms with van der Waals surface area (Å²) in [4.78, 5) is 13.2. The minimum Gasteiger partial charge on any atom is -0.493 e. The van der Waals surface area contributed by atoms with E-state index in [1.165, 1.54) is 12.4 Å². The summed E-state index contributed by atoms with van der Waals surface area (Å²) in [5, 5.41) is 6.71. The lowest BCUT2D eigenvalue weighted by Gasteiger charge is -2.32. The summed E-state index contributed by atoms with van der Waals surface area (Å²) >= 11 is 0. The molecule has 1 aliphatic rings. The van der Waals surface area contributed by atoms with E-state index in [1.807, 2.05) is 12.1 Å². The van der Waals surface area contributed by atoms with Crippen molar-refractivity contribution in [3.05, 3.63) is 42.5 Å². The van der Waals surface area contributed by atoms with Gasteiger partial charge in [-0.05, 0) is 31.3 Å². The second-order valence-corrected chi connectivity index (χ2v) is 7.51. The van der Waals surface area contributed by atoms with E-state index in [2.05, 4.69) is 37.4 Å². The lowest BCUT2D eigenvalue weighted by molar-refractivity contribution is 0.0748. The smallest absolute Gasteiger partial charge is 0.164 e. The number of rotatable bonds is 7. The summed E-state index contributed by atoms with van der Waals surface area (Å²) in [5.74, 6) is 1.31. The van der Waals surface area contributed by atoms with Crippen molar-refractivity contribution in [2.75, 3.05) is 64.7 Å². The van der Waals surface area contributed by atoms with Crippen molar-refractivity contribution in [3.63, 3.8) is 0 Å². The Morgan fingerprint density at radius 1 is 1.06 bits per heavy atom. The molecule has 2 aromatic carbocycles. The molecule has 2 heterocycles. The summed E-state index contributed by atoms with van der Waals surface area (Å²) in [6.45, 7) is 4.39. The standard InChI is InChI=1S/C22H27FN6O2/c1-24-15-4-5-18(17(23)10-15)27-22-16-11-21(20(30-3)12-19(16)25-13-26-22)31-14-29-8-6-28(2)7-9-29/h4-5,10-13,24H,6-9,14H2,1-3H3,(H,25,26,27). The van der Waals surface area contributed by atoms with E-state index in [4.69, 9.17) is 9.47 Å². The van der Waals surface area contributed by atoms with Crippen LogP contribution in [0.25, 0.3) is 10.9 Å². The molecule has 3 aromatic rings. The molecule has 1 aliphatic heterocycles. The van der Waals surface area contributed by atoms with Gasteiger partial charge in [0.05, 0.1) is 18.3 Å². The average Bonchev–Trinajstić information content (AvgIpc) is 2.79. The highest BCUT2D eigenvalue weighted by atomic mass is 19.1. The largest absolute Gasteiger partial charge is 0.493 e. The van der Waals surface area contributed by atoms with Gasteiger partial charge >= 0.3 is 0 Å². The summed E-state index contributed by atoms with van der Waals surface area (Å²) < 4.78 is 26.1. The average molecular weight is 426 g/mol. The third-order valence-electron chi connectivity index (χ3n) is 5.43. The number of fused-ring (bicyclic) bond motifs is 1. The van der Waals surface area contributed by atoms with Crippen molar-refractivity contribution in [1.82, 2.24) is 19.8 Å². The second kappa shape index (κ2) is 9.32. The number of methoxy groups -OCH3 is 1. The lowest BCUT2D eigenvalue weighted by atomic mass is 10.2. The Kier molecular flexibility index (Phi) is 6.34. The number of hydrogen-bond acceptors (Lipinski definition) is 8. The molecule has 0 atom stereocenters. The van der Waals surface area contributed by atoms with E-state index in [1.54, 1.807) is 26.3 Å². The number of anilines is 3. The molecule has 2 N–H and O–H groups in total. The third kappa shape index (κ3) is 4.78. The van der Waals surface area contributed by atoms with Gasteiger partial charge in [-0.1, -0.05) is 0 Å². The van der Waals surface area contributed by atoms with Crippen LogP contribution in [0.2, 0.25) is 0 Å². The first-order valence-corrected chi connectivity index (χ1v) is 10.2. The minimum atomic E-state index is -0.376. The van der Waals surface area contributed by atoms with E-state index < -0.39 is 0 Å². The topological polar surface area (TPSA) is 74.8 Å². The Morgan fingerprint density at radius 3 is 2.58 bits per heavy atom. The molecule has 1 aromatic heterocycles. The highest BCUT2D eigenvalue weighted by Gasteiger charge is 2.17. The fourth-order valence-corrected chi connectivity index (χ4v) is 3.47. The fourth-order valence-electron chi connectivity index (χ4n) is 3.47. The Bertz CT molecular complexity index is 1060. The molecular weight excluding hydrogens is 399 g/mol. The summed E-state index contributed by atoms with van der Waals surface area (Å²) in [5.41, 5.74) is 1.70. The number of likely N-dealkylation sites (N-methyl/N-ethyl adjacent to an activating group) is 1. The van der Waals surface area contributed by atoms with Gasteiger partial charge in [0, 0.05) is 50.4 Å². The minimum absolute atomic E-state index is 0.328. The predicted octanol–water partition coefficient (Wildman–Crippen LogP) is 3.15. The maximum absolute atomic E-state index is 14.5. The van der Waals surface area contributed by atoms with Crippen molar-refractivity contribution < 1.29 is 13.9 Å². The first-order valence-electron chi connectivity index (χ1n) is 10.2. The monoisotopic (exact) mass is 426 g/mol. The van der Waals surface area contributed by atoms with Crippen LogP contribution in [0.1, 0.15) is 0 Å². The SMILES string of the molecule is CNc1ccc(Nc2ncnc3cc(OC)c(OCN4CCN(C)CC4)cc23)c(F)c1. The van der Waals surface area contributed by atoms with Crippen LogP contribution < -0.4 is 20.1 Å². The molecule has 9 heteroatoms. The van der Waals surface area contributed by atoms with E-state index >= 15 is 0 Å². The highest BCUT2D eigenvalue weighted by molar-refractivity contribution is 5.93. The number of nitrogens with one attached hydrogen (secondary N) is 2. The molecule has 0 spiro atoms. The number of halogens is 1. The fraction of sp³-hybridized carbons (Fsp3) is 0.364. The first-order chi connectivity index (χ1) is 15.1. The highest BCUT2D eigenvalue weighted by Crippen LogP contribution is 2.35. The maximum Gasteiger partial charge on any atom is 0.164 e. The number of piperazine rings is 1. The zero-order chi connectivity index (χ0) is 21.8. The van der Waals surface area contributed by atoms with Crippen molar-refractivity contribution in [2.24, 2.45) is 0 Å². The Morgan fingerprint density at radius 2 is 1.87 bits per heavy atom. The summed E-state index contributed by atoms with van der Waals surface area (Å²) in [6.07, 6.45) is 1.44. The van der Waals surface area contributed by atoms with Crippen LogP contribution in [0.4, 0.5) is 21.6 Å². The van der Waals surface area contributed by atoms with E-state index in [9.17, 15) is 4.39 Å². The number of hydrogen-bond donors (Lipinski definition) is 2. The van der Waals surface area contributed by atoms with Crippen molar-refractivity contribution in [1.29, 1.82) is 0 Å². The van der Waals surface area contributed by atoms with Gasteiger partial charge in [-0.3, -0.25) is 4.90 Å². The van der Waals surface area contributed by atoms with E-state index in [0.717, 1.165) is 26.2 Å². The molecule has 1 saturated heterocycles. The Labute approximate surface area is 181 Å². The van der Waals surface area contributed by atoms with Crippen LogP contribution >= 0.6 is 0 Å². The quantitative estimate of drug-likeness (QED) is 0.597. The van der Waals surface area contributed by atoms with E-state index in [0.29, 0.717) is 46.3 Å². The van der Waals surface area contributed by atoms with Crippen LogP contribution in [0.3, 0.4) is 0 Å². The number of ether oxygens (including phenoxy) is 2. The zero-order valence-electron chi connectivity index (χ0n) is 18.0. The van der Waals surface area contributed by atoms with Gasteiger partial charge in [0.1, 0.15) is 24.7 Å². The van der Waals surface area contributed by atoms with Gasteiger partial charge in [-0.2, -0.15) is 0 Å². The molecule has 0 bridgehead atoms. The van der Waals surface area contributed by atoms with Gasteiger partial charge in [0.15, 0.2) is 11.5 Å². The van der Waals surface area contributed by atoms with Crippen LogP contribution in [0, 0.1) is 5.82 Å². The molecule has 0 radical (unpaired) electrons. The normalized spacial score (nSPS) is 15.1. The summed E-state index contributed by atoms with van der Waals surface area (Å²) in [7, 11) is 5.47. The third-order valence-corrected chi connectivity index (χ3v) is 5.43. The van der Waals surface area contributed by atoms with Gasteiger partial charge in [0.2, 0.25) is 0 Å². The predicted molar refractivity (Wildman–Crippen MR) is 120 cm³/mol. The number of nitrogens with zero attached hydrogens (tertiary/aromatic N) is 4. The van der Waals surface area contributed by atoms with E-state index in [-0.39, 0.29) is 5.82 Å². The van der Waals surface area contributed by atoms with Crippen LogP contribution in [0.5, 0.6) is 11.5 Å². The Balaban J connectivity index is 1.60. The van der Waals surface area contributed by atoms with Gasteiger partial charge in [-0.15, -0.1) is 0 Å². The van der Waals surface area contributed by atoms with Crippen molar-refractivity contribution in [3.8, 4) is 11.5 Å². The molecule has 1 fully saturated rings. The molecule has 0 aliphatic carbocycles. The van der Waals surface area contributed by atoms with Crippen molar-refractivity contribution in [2.45, 2.75) is 0 Å². The molecule has 164 valence electrons. The van der Waals surface area contributed by atoms with Gasteiger partial charge in [0.25, 0.3) is 0 Å². The molecule has 4 rings (SSSR count). The van der Waals surface area contributed by atoms with Crippen LogP contribution in [-0.2, 0) is 0 Å². The van der Waals surface area contributed by atoms with Crippen LogP contribution in [0.15, 0.2) is 36.7 Å². The lowest BCUT2D eigenvalue weighted by Crippen LogP contribution is -2.45. The zero-order valence-corrected chi connectivity index (χ0v) is 18.0. The maximum atomic E-state index is 14.5. The molecule has 8 nitrogen and oxygen atoms in total. The van der Waals surface area contributed by atoms with Gasteiger partial charge < -0.3 is 25.0 Å². The second-order valence-electron chi connectivity index (χ2n) is 7.51. The number of benzene rings is 2. The van der Waals surface area contributed by atoms with Gasteiger partial charge in [-0.25, -0.2) is 14.4 Å². The first kappa shape index (κ1) is 21.1.